The van der Waals surface area contributed by atoms with Crippen LogP contribution in [0.3, 0.4) is 0 Å². The Morgan fingerprint density at radius 1 is 1.40 bits per heavy atom. The third-order valence-electron chi connectivity index (χ3n) is 3.32. The van der Waals surface area contributed by atoms with Crippen molar-refractivity contribution in [1.82, 2.24) is 0 Å². The lowest BCUT2D eigenvalue weighted by atomic mass is 9.96. The van der Waals surface area contributed by atoms with Crippen LogP contribution in [0, 0.1) is 6.92 Å². The lowest BCUT2D eigenvalue weighted by Crippen LogP contribution is -2.48. The molecule has 5 heteroatoms. The van der Waals surface area contributed by atoms with E-state index in [-0.39, 0.29) is 18.3 Å². The predicted molar refractivity (Wildman–Crippen MR) is 88.9 cm³/mol. The van der Waals surface area contributed by atoms with E-state index in [1.807, 2.05) is 51.0 Å². The summed E-state index contributed by atoms with van der Waals surface area (Å²) in [6.07, 6.45) is 1.56. The number of nitrogens with two attached hydrogens (primary N) is 1. The number of nitrogens with one attached hydrogen (secondary N) is 1. The molecule has 0 aliphatic heterocycles. The number of amides is 1. The van der Waals surface area contributed by atoms with Gasteiger partial charge >= 0.3 is 0 Å². The average molecular weight is 300 g/mol. The molecule has 4 nitrogen and oxygen atoms in total. The quantitative estimate of drug-likeness (QED) is 0.879. The summed E-state index contributed by atoms with van der Waals surface area (Å²) in [4.78, 5) is 14.2. The first kappa shape index (κ1) is 18.7. The van der Waals surface area contributed by atoms with Crippen molar-refractivity contribution in [3.05, 3.63) is 23.8 Å². The highest BCUT2D eigenvalue weighted by Crippen LogP contribution is 2.26. The van der Waals surface area contributed by atoms with E-state index < -0.39 is 5.54 Å². The number of hydrogen-bond acceptors (Lipinski definition) is 3. The van der Waals surface area contributed by atoms with E-state index in [1.54, 1.807) is 6.92 Å². The Kier molecular flexibility index (Phi) is 7.03. The van der Waals surface area contributed by atoms with Gasteiger partial charge in [0.2, 0.25) is 5.91 Å². The van der Waals surface area contributed by atoms with Crippen molar-refractivity contribution < 1.29 is 4.79 Å². The number of nitrogens with zero attached hydrogens (tertiary/aromatic N) is 1. The van der Waals surface area contributed by atoms with E-state index >= 15 is 0 Å². The summed E-state index contributed by atoms with van der Waals surface area (Å²) in [7, 11) is 3.97. The maximum atomic E-state index is 12.2. The third kappa shape index (κ3) is 4.39. The summed E-state index contributed by atoms with van der Waals surface area (Å²) in [5, 5.41) is 2.94. The number of carbonyl (C=O) groups is 1. The van der Waals surface area contributed by atoms with Crippen molar-refractivity contribution in [1.29, 1.82) is 0 Å². The number of anilines is 2. The van der Waals surface area contributed by atoms with E-state index in [1.165, 1.54) is 0 Å². The second-order valence-corrected chi connectivity index (χ2v) is 5.47. The molecule has 0 fully saturated rings. The van der Waals surface area contributed by atoms with Gasteiger partial charge in [-0.1, -0.05) is 19.4 Å². The Morgan fingerprint density at radius 2 is 2.00 bits per heavy atom. The fourth-order valence-corrected chi connectivity index (χ4v) is 2.14. The summed E-state index contributed by atoms with van der Waals surface area (Å²) in [6, 6.07) is 5.87. The Labute approximate surface area is 128 Å². The van der Waals surface area contributed by atoms with Gasteiger partial charge < -0.3 is 16.0 Å². The van der Waals surface area contributed by atoms with Crippen molar-refractivity contribution >= 4 is 29.7 Å². The van der Waals surface area contributed by atoms with E-state index in [2.05, 4.69) is 5.32 Å². The Hall–Kier alpha value is -1.26. The monoisotopic (exact) mass is 299 g/mol. The zero-order valence-electron chi connectivity index (χ0n) is 13.0. The zero-order chi connectivity index (χ0) is 14.6. The molecule has 20 heavy (non-hydrogen) atoms. The van der Waals surface area contributed by atoms with Gasteiger partial charge in [0.25, 0.3) is 0 Å². The van der Waals surface area contributed by atoms with Gasteiger partial charge in [-0.15, -0.1) is 12.4 Å². The van der Waals surface area contributed by atoms with E-state index in [4.69, 9.17) is 5.73 Å². The molecule has 114 valence electrons. The topological polar surface area (TPSA) is 58.4 Å². The highest BCUT2D eigenvalue weighted by Gasteiger charge is 2.27. The molecule has 0 heterocycles. The molecule has 1 unspecified atom stereocenters. The van der Waals surface area contributed by atoms with Crippen molar-refractivity contribution in [3.63, 3.8) is 0 Å². The zero-order valence-corrected chi connectivity index (χ0v) is 13.8. The highest BCUT2D eigenvalue weighted by molar-refractivity contribution is 5.98. The molecular formula is C15H26ClN3O. The van der Waals surface area contributed by atoms with Crippen LogP contribution in [-0.4, -0.2) is 25.5 Å². The van der Waals surface area contributed by atoms with Crippen LogP contribution in [0.2, 0.25) is 0 Å². The van der Waals surface area contributed by atoms with Crippen molar-refractivity contribution in [2.75, 3.05) is 24.3 Å². The van der Waals surface area contributed by atoms with Crippen LogP contribution in [0.15, 0.2) is 18.2 Å². The van der Waals surface area contributed by atoms with Crippen LogP contribution in [0.1, 0.15) is 32.3 Å². The van der Waals surface area contributed by atoms with E-state index in [0.717, 1.165) is 23.4 Å². The molecule has 0 saturated heterocycles. The second-order valence-electron chi connectivity index (χ2n) is 5.47. The lowest BCUT2D eigenvalue weighted by Gasteiger charge is -2.24. The van der Waals surface area contributed by atoms with Gasteiger partial charge in [-0.05, 0) is 38.0 Å². The van der Waals surface area contributed by atoms with Crippen molar-refractivity contribution in [2.45, 2.75) is 39.2 Å². The predicted octanol–water partition coefficient (Wildman–Crippen LogP) is 2.94. The highest BCUT2D eigenvalue weighted by atomic mass is 35.5. The van der Waals surface area contributed by atoms with Crippen LogP contribution in [0.25, 0.3) is 0 Å². The van der Waals surface area contributed by atoms with Gasteiger partial charge in [0.1, 0.15) is 0 Å². The van der Waals surface area contributed by atoms with Crippen LogP contribution >= 0.6 is 12.4 Å². The molecule has 1 rings (SSSR count). The van der Waals surface area contributed by atoms with Gasteiger partial charge in [0, 0.05) is 25.5 Å². The Morgan fingerprint density at radius 3 is 2.50 bits per heavy atom. The molecule has 1 amide bonds. The summed E-state index contributed by atoms with van der Waals surface area (Å²) >= 11 is 0. The van der Waals surface area contributed by atoms with E-state index in [0.29, 0.717) is 6.42 Å². The minimum Gasteiger partial charge on any atom is -0.377 e. The molecule has 0 aromatic heterocycles. The normalized spacial score (nSPS) is 13.1. The molecule has 1 aromatic rings. The number of rotatable bonds is 5. The molecule has 0 aliphatic rings. The largest absolute Gasteiger partial charge is 0.377 e. The lowest BCUT2D eigenvalue weighted by molar-refractivity contribution is -0.120. The van der Waals surface area contributed by atoms with E-state index in [9.17, 15) is 4.79 Å². The molecule has 0 saturated carbocycles. The smallest absolute Gasteiger partial charge is 0.244 e. The fourth-order valence-electron chi connectivity index (χ4n) is 2.14. The first-order valence-electron chi connectivity index (χ1n) is 6.67. The molecule has 0 bridgehead atoms. The molecule has 1 atom stereocenters. The number of halogens is 1. The van der Waals surface area contributed by atoms with Crippen LogP contribution < -0.4 is 16.0 Å². The fraction of sp³-hybridized carbons (Fsp3) is 0.533. The van der Waals surface area contributed by atoms with Crippen molar-refractivity contribution in [3.8, 4) is 0 Å². The van der Waals surface area contributed by atoms with Gasteiger partial charge in [-0.25, -0.2) is 0 Å². The van der Waals surface area contributed by atoms with Crippen LogP contribution in [0.4, 0.5) is 11.4 Å². The second kappa shape index (κ2) is 7.50. The molecule has 1 aromatic carbocycles. The number of benzene rings is 1. The molecule has 3 N–H and O–H groups in total. The summed E-state index contributed by atoms with van der Waals surface area (Å²) in [5.41, 5.74) is 8.18. The summed E-state index contributed by atoms with van der Waals surface area (Å²) < 4.78 is 0. The molecule has 0 aliphatic carbocycles. The number of hydrogen-bond donors (Lipinski definition) is 2. The third-order valence-corrected chi connectivity index (χ3v) is 3.32. The first-order valence-corrected chi connectivity index (χ1v) is 6.67. The van der Waals surface area contributed by atoms with Crippen LogP contribution in [-0.2, 0) is 4.79 Å². The van der Waals surface area contributed by atoms with Gasteiger partial charge in [-0.3, -0.25) is 4.79 Å². The molecule has 0 spiro atoms. The van der Waals surface area contributed by atoms with Gasteiger partial charge in [0.15, 0.2) is 0 Å². The van der Waals surface area contributed by atoms with Gasteiger partial charge in [-0.2, -0.15) is 0 Å². The van der Waals surface area contributed by atoms with Crippen molar-refractivity contribution in [2.24, 2.45) is 5.73 Å². The molecule has 0 radical (unpaired) electrons. The maximum Gasteiger partial charge on any atom is 0.244 e. The molecular weight excluding hydrogens is 274 g/mol. The standard InChI is InChI=1S/C15H25N3O.ClH/c1-6-10-15(3,16)14(19)17-12-8-7-9-13(11(12)2)18(4)5;/h7-9H,6,10,16H2,1-5H3,(H,17,19);1H. The Bertz CT molecular complexity index is 458. The Balaban J connectivity index is 0.00000361. The minimum absolute atomic E-state index is 0. The van der Waals surface area contributed by atoms with Gasteiger partial charge in [0.05, 0.1) is 5.54 Å². The summed E-state index contributed by atoms with van der Waals surface area (Å²) in [5.74, 6) is -0.131. The van der Waals surface area contributed by atoms with Crippen LogP contribution in [0.5, 0.6) is 0 Å². The maximum absolute atomic E-state index is 12.2. The summed E-state index contributed by atoms with van der Waals surface area (Å²) in [6.45, 7) is 5.80. The SMILES string of the molecule is CCCC(C)(N)C(=O)Nc1cccc(N(C)C)c1C.Cl. The first-order chi connectivity index (χ1) is 8.79. The number of carbonyl (C=O) groups excluding carboxylic acids is 1. The minimum atomic E-state index is -0.824. The average Bonchev–Trinajstić information content (AvgIpc) is 2.31.